The average molecular weight is 390 g/mol. The van der Waals surface area contributed by atoms with Gasteiger partial charge in [-0.05, 0) is 33.3 Å². The average Bonchev–Trinajstić information content (AvgIpc) is 2.70. The van der Waals surface area contributed by atoms with E-state index in [1.165, 1.54) is 5.56 Å². The Labute approximate surface area is 171 Å². The Hall–Kier alpha value is -1.63. The molecular weight excluding hydrogens is 350 g/mol. The van der Waals surface area contributed by atoms with Crippen molar-refractivity contribution in [3.63, 3.8) is 0 Å². The van der Waals surface area contributed by atoms with Crippen LogP contribution in [0, 0.1) is 0 Å². The van der Waals surface area contributed by atoms with E-state index in [2.05, 4.69) is 83.5 Å². The van der Waals surface area contributed by atoms with Crippen LogP contribution in [0.2, 0.25) is 0 Å². The van der Waals surface area contributed by atoms with E-state index in [1.807, 2.05) is 7.05 Å². The molecule has 1 fully saturated rings. The van der Waals surface area contributed by atoms with Gasteiger partial charge in [0.25, 0.3) is 0 Å². The van der Waals surface area contributed by atoms with Crippen molar-refractivity contribution >= 4 is 5.96 Å². The minimum atomic E-state index is 0.312. The predicted octanol–water partition coefficient (Wildman–Crippen LogP) is 2.34. The third-order valence-electron chi connectivity index (χ3n) is 5.35. The highest BCUT2D eigenvalue weighted by atomic mass is 16.5. The second kappa shape index (κ2) is 12.0. The molecule has 0 spiro atoms. The fourth-order valence-corrected chi connectivity index (χ4v) is 3.85. The lowest BCUT2D eigenvalue weighted by Crippen LogP contribution is -2.48. The number of hydrogen-bond donors (Lipinski definition) is 2. The van der Waals surface area contributed by atoms with Crippen LogP contribution in [-0.2, 0) is 4.74 Å². The summed E-state index contributed by atoms with van der Waals surface area (Å²) in [6.07, 6.45) is 0. The van der Waals surface area contributed by atoms with Gasteiger partial charge in [-0.25, -0.2) is 0 Å². The molecule has 1 aliphatic rings. The molecule has 2 N–H and O–H groups in total. The van der Waals surface area contributed by atoms with Gasteiger partial charge in [0.05, 0.1) is 19.3 Å². The van der Waals surface area contributed by atoms with Crippen molar-refractivity contribution in [3.05, 3.63) is 35.9 Å². The molecular formula is C22H39N5O. The van der Waals surface area contributed by atoms with Gasteiger partial charge >= 0.3 is 0 Å². The summed E-state index contributed by atoms with van der Waals surface area (Å²) in [5.41, 5.74) is 1.33. The zero-order valence-corrected chi connectivity index (χ0v) is 18.3. The van der Waals surface area contributed by atoms with E-state index in [4.69, 9.17) is 4.74 Å². The Morgan fingerprint density at radius 3 is 2.29 bits per heavy atom. The molecule has 1 aromatic carbocycles. The quantitative estimate of drug-likeness (QED) is 0.502. The molecule has 1 heterocycles. The minimum absolute atomic E-state index is 0.312. The van der Waals surface area contributed by atoms with Crippen LogP contribution in [-0.4, -0.2) is 80.8 Å². The van der Waals surface area contributed by atoms with Crippen LogP contribution >= 0.6 is 0 Å². The van der Waals surface area contributed by atoms with E-state index in [1.54, 1.807) is 0 Å². The van der Waals surface area contributed by atoms with Gasteiger partial charge in [-0.15, -0.1) is 0 Å². The molecule has 0 aromatic heterocycles. The lowest BCUT2D eigenvalue weighted by Gasteiger charge is -2.35. The Morgan fingerprint density at radius 1 is 1.07 bits per heavy atom. The topological polar surface area (TPSA) is 52.1 Å². The largest absolute Gasteiger partial charge is 0.379 e. The van der Waals surface area contributed by atoms with Crippen molar-refractivity contribution in [3.8, 4) is 0 Å². The second-order valence-corrected chi connectivity index (χ2v) is 7.88. The molecule has 1 aromatic rings. The summed E-state index contributed by atoms with van der Waals surface area (Å²) in [7, 11) is 1.84. The number of nitrogens with one attached hydrogen (secondary N) is 2. The lowest BCUT2D eigenvalue weighted by molar-refractivity contribution is 0.0170. The van der Waals surface area contributed by atoms with Gasteiger partial charge in [0, 0.05) is 51.9 Å². The summed E-state index contributed by atoms with van der Waals surface area (Å²) in [5, 5.41) is 7.01. The van der Waals surface area contributed by atoms with Gasteiger partial charge in [0.15, 0.2) is 5.96 Å². The zero-order chi connectivity index (χ0) is 20.4. The molecule has 0 radical (unpaired) electrons. The Morgan fingerprint density at radius 2 is 1.71 bits per heavy atom. The monoisotopic (exact) mass is 389 g/mol. The Bertz CT molecular complexity index is 562. The number of nitrogens with zero attached hydrogens (tertiary/aromatic N) is 3. The number of guanidine groups is 1. The summed E-state index contributed by atoms with van der Waals surface area (Å²) in [6.45, 7) is 15.2. The molecule has 0 aliphatic carbocycles. The maximum absolute atomic E-state index is 5.54. The molecule has 158 valence electrons. The maximum Gasteiger partial charge on any atom is 0.191 e. The molecule has 2 rings (SSSR count). The van der Waals surface area contributed by atoms with Crippen LogP contribution in [0.1, 0.15) is 39.3 Å². The summed E-state index contributed by atoms with van der Waals surface area (Å²) in [4.78, 5) is 9.40. The third kappa shape index (κ3) is 7.08. The van der Waals surface area contributed by atoms with Crippen molar-refractivity contribution in [1.82, 2.24) is 20.4 Å². The highest BCUT2D eigenvalue weighted by Crippen LogP contribution is 2.20. The first-order valence-corrected chi connectivity index (χ1v) is 10.6. The number of ether oxygens (including phenoxy) is 1. The van der Waals surface area contributed by atoms with Crippen molar-refractivity contribution in [2.24, 2.45) is 4.99 Å². The van der Waals surface area contributed by atoms with Gasteiger partial charge in [-0.2, -0.15) is 0 Å². The van der Waals surface area contributed by atoms with Crippen LogP contribution in [0.4, 0.5) is 0 Å². The van der Waals surface area contributed by atoms with Gasteiger partial charge < -0.3 is 15.4 Å². The van der Waals surface area contributed by atoms with Crippen LogP contribution < -0.4 is 10.6 Å². The maximum atomic E-state index is 5.54. The molecule has 0 saturated carbocycles. The van der Waals surface area contributed by atoms with Gasteiger partial charge in [-0.3, -0.25) is 14.8 Å². The van der Waals surface area contributed by atoms with Gasteiger partial charge in [0.2, 0.25) is 0 Å². The van der Waals surface area contributed by atoms with E-state index >= 15 is 0 Å². The molecule has 1 saturated heterocycles. The summed E-state index contributed by atoms with van der Waals surface area (Å²) < 4.78 is 5.54. The fraction of sp³-hybridized carbons (Fsp3) is 0.682. The highest BCUT2D eigenvalue weighted by molar-refractivity contribution is 5.79. The number of aliphatic imine (C=N–C) groups is 1. The molecule has 0 amide bonds. The van der Waals surface area contributed by atoms with Crippen molar-refractivity contribution in [2.45, 2.75) is 45.8 Å². The van der Waals surface area contributed by atoms with Crippen molar-refractivity contribution in [2.75, 3.05) is 53.0 Å². The van der Waals surface area contributed by atoms with Crippen LogP contribution in [0.25, 0.3) is 0 Å². The first-order chi connectivity index (χ1) is 13.5. The Kier molecular flexibility index (Phi) is 9.75. The first-order valence-electron chi connectivity index (χ1n) is 10.6. The van der Waals surface area contributed by atoms with Gasteiger partial charge in [0.1, 0.15) is 0 Å². The minimum Gasteiger partial charge on any atom is -0.379 e. The second-order valence-electron chi connectivity index (χ2n) is 7.88. The summed E-state index contributed by atoms with van der Waals surface area (Å²) >= 11 is 0. The van der Waals surface area contributed by atoms with Crippen LogP contribution in [0.5, 0.6) is 0 Å². The highest BCUT2D eigenvalue weighted by Gasteiger charge is 2.22. The predicted molar refractivity (Wildman–Crippen MR) is 118 cm³/mol. The standard InChI is InChI=1S/C22H39N5O/c1-18(2)27(19(3)4)12-11-24-22(23-5)25-17-21(20-9-7-6-8-10-20)26-13-15-28-16-14-26/h6-10,18-19,21H,11-17H2,1-5H3,(H2,23,24,25). The smallest absolute Gasteiger partial charge is 0.191 e. The molecule has 1 unspecified atom stereocenters. The van der Waals surface area contributed by atoms with Gasteiger partial charge in [-0.1, -0.05) is 30.3 Å². The normalized spacial score (nSPS) is 17.4. The summed E-state index contributed by atoms with van der Waals surface area (Å²) in [5.74, 6) is 0.863. The molecule has 6 heteroatoms. The molecule has 1 aliphatic heterocycles. The van der Waals surface area contributed by atoms with E-state index in [9.17, 15) is 0 Å². The molecule has 0 bridgehead atoms. The first kappa shape index (κ1) is 22.7. The van der Waals surface area contributed by atoms with Crippen molar-refractivity contribution in [1.29, 1.82) is 0 Å². The molecule has 1 atom stereocenters. The lowest BCUT2D eigenvalue weighted by atomic mass is 10.0. The number of benzene rings is 1. The number of morpholine rings is 1. The zero-order valence-electron chi connectivity index (χ0n) is 18.3. The Balaban J connectivity index is 1.91. The van der Waals surface area contributed by atoms with E-state index in [0.717, 1.165) is 51.9 Å². The van der Waals surface area contributed by atoms with Crippen LogP contribution in [0.15, 0.2) is 35.3 Å². The number of hydrogen-bond acceptors (Lipinski definition) is 4. The van der Waals surface area contributed by atoms with E-state index < -0.39 is 0 Å². The van der Waals surface area contributed by atoms with E-state index in [0.29, 0.717) is 18.1 Å². The molecule has 28 heavy (non-hydrogen) atoms. The SMILES string of the molecule is CN=C(NCCN(C(C)C)C(C)C)NCC(c1ccccc1)N1CCOCC1. The number of rotatable bonds is 9. The molecule has 6 nitrogen and oxygen atoms in total. The summed E-state index contributed by atoms with van der Waals surface area (Å²) in [6, 6.07) is 12.1. The van der Waals surface area contributed by atoms with Crippen LogP contribution in [0.3, 0.4) is 0 Å². The van der Waals surface area contributed by atoms with Crippen molar-refractivity contribution < 1.29 is 4.74 Å². The van der Waals surface area contributed by atoms with E-state index in [-0.39, 0.29) is 0 Å². The third-order valence-corrected chi connectivity index (χ3v) is 5.35. The fourth-order valence-electron chi connectivity index (χ4n) is 3.85.